The molecule has 1 atom stereocenters. The molecule has 0 spiro atoms. The van der Waals surface area contributed by atoms with Crippen LogP contribution in [-0.4, -0.2) is 6.54 Å². The normalized spacial score (nSPS) is 21.3. The van der Waals surface area contributed by atoms with E-state index in [9.17, 15) is 4.39 Å². The van der Waals surface area contributed by atoms with E-state index in [1.54, 1.807) is 6.07 Å². The second kappa shape index (κ2) is 3.28. The van der Waals surface area contributed by atoms with Gasteiger partial charge in [0.15, 0.2) is 0 Å². The van der Waals surface area contributed by atoms with E-state index in [1.807, 2.05) is 6.92 Å². The molecule has 70 valence electrons. The number of hydrogen-bond acceptors (Lipinski definition) is 1. The van der Waals surface area contributed by atoms with Crippen molar-refractivity contribution in [2.75, 3.05) is 6.54 Å². The lowest BCUT2D eigenvalue weighted by Crippen LogP contribution is -2.35. The molecule has 0 unspecified atom stereocenters. The van der Waals surface area contributed by atoms with Crippen LogP contribution in [0.3, 0.4) is 0 Å². The van der Waals surface area contributed by atoms with E-state index >= 15 is 0 Å². The van der Waals surface area contributed by atoms with Crippen LogP contribution >= 0.6 is 11.6 Å². The van der Waals surface area contributed by atoms with Gasteiger partial charge >= 0.3 is 0 Å². The SMILES string of the molecule is Cc1ccc(F)c([C@H]2CCN2)c1Cl. The third-order valence-electron chi connectivity index (χ3n) is 2.49. The van der Waals surface area contributed by atoms with Crippen molar-refractivity contribution in [2.45, 2.75) is 19.4 Å². The van der Waals surface area contributed by atoms with Crippen LogP contribution < -0.4 is 5.32 Å². The Labute approximate surface area is 81.9 Å². The number of halogens is 2. The molecule has 0 aliphatic carbocycles. The molecule has 1 heterocycles. The number of nitrogens with one attached hydrogen (secondary N) is 1. The molecule has 1 aromatic carbocycles. The molecule has 3 heteroatoms. The Morgan fingerprint density at radius 1 is 1.54 bits per heavy atom. The zero-order chi connectivity index (χ0) is 9.42. The van der Waals surface area contributed by atoms with Crippen LogP contribution in [0.2, 0.25) is 5.02 Å². The molecule has 1 aliphatic heterocycles. The van der Waals surface area contributed by atoms with Gasteiger partial charge in [0.05, 0.1) is 5.02 Å². The summed E-state index contributed by atoms with van der Waals surface area (Å²) in [5.74, 6) is -0.201. The summed E-state index contributed by atoms with van der Waals surface area (Å²) in [7, 11) is 0. The second-order valence-electron chi connectivity index (χ2n) is 3.39. The molecule has 0 radical (unpaired) electrons. The van der Waals surface area contributed by atoms with E-state index in [-0.39, 0.29) is 11.9 Å². The Morgan fingerprint density at radius 3 is 2.77 bits per heavy atom. The number of aryl methyl sites for hydroxylation is 1. The quantitative estimate of drug-likeness (QED) is 0.734. The summed E-state index contributed by atoms with van der Waals surface area (Å²) in [6.45, 7) is 2.85. The highest BCUT2D eigenvalue weighted by atomic mass is 35.5. The molecule has 1 aromatic rings. The molecule has 2 rings (SSSR count). The first-order valence-electron chi connectivity index (χ1n) is 4.38. The van der Waals surface area contributed by atoms with Crippen LogP contribution in [0.25, 0.3) is 0 Å². The summed E-state index contributed by atoms with van der Waals surface area (Å²) in [5, 5.41) is 3.71. The van der Waals surface area contributed by atoms with Crippen LogP contribution in [0.1, 0.15) is 23.6 Å². The Morgan fingerprint density at radius 2 is 2.23 bits per heavy atom. The van der Waals surface area contributed by atoms with E-state index in [1.165, 1.54) is 6.07 Å². The van der Waals surface area contributed by atoms with Crippen molar-refractivity contribution < 1.29 is 4.39 Å². The van der Waals surface area contributed by atoms with Crippen molar-refractivity contribution in [3.63, 3.8) is 0 Å². The smallest absolute Gasteiger partial charge is 0.129 e. The lowest BCUT2D eigenvalue weighted by molar-refractivity contribution is 0.370. The Hall–Kier alpha value is -0.600. The maximum absolute atomic E-state index is 13.4. The molecule has 0 bridgehead atoms. The average Bonchev–Trinajstić information content (AvgIpc) is 2.02. The molecule has 0 amide bonds. The third-order valence-corrected chi connectivity index (χ3v) is 2.99. The van der Waals surface area contributed by atoms with Crippen LogP contribution in [0.4, 0.5) is 4.39 Å². The van der Waals surface area contributed by atoms with Crippen molar-refractivity contribution in [1.82, 2.24) is 5.32 Å². The lowest BCUT2D eigenvalue weighted by Gasteiger charge is -2.29. The largest absolute Gasteiger partial charge is 0.310 e. The van der Waals surface area contributed by atoms with Gasteiger partial charge in [-0.2, -0.15) is 0 Å². The van der Waals surface area contributed by atoms with Gasteiger partial charge in [0.1, 0.15) is 5.82 Å². The fraction of sp³-hybridized carbons (Fsp3) is 0.400. The van der Waals surface area contributed by atoms with Crippen molar-refractivity contribution in [3.8, 4) is 0 Å². The van der Waals surface area contributed by atoms with E-state index in [4.69, 9.17) is 11.6 Å². The molecule has 1 saturated heterocycles. The molecule has 1 aliphatic rings. The fourth-order valence-electron chi connectivity index (χ4n) is 1.53. The number of hydrogen-bond donors (Lipinski definition) is 1. The van der Waals surface area contributed by atoms with Gasteiger partial charge in [0.25, 0.3) is 0 Å². The maximum Gasteiger partial charge on any atom is 0.129 e. The highest BCUT2D eigenvalue weighted by Crippen LogP contribution is 2.33. The standard InChI is InChI=1S/C10H11ClFN/c1-6-2-3-7(12)9(10(6)11)8-4-5-13-8/h2-3,8,13H,4-5H2,1H3/t8-/m1/s1. The van der Waals surface area contributed by atoms with Crippen LogP contribution in [0.5, 0.6) is 0 Å². The summed E-state index contributed by atoms with van der Waals surface area (Å²) >= 11 is 6.03. The Bertz CT molecular complexity index is 334. The summed E-state index contributed by atoms with van der Waals surface area (Å²) in [6.07, 6.45) is 0.972. The average molecular weight is 200 g/mol. The molecule has 0 saturated carbocycles. The first kappa shape index (κ1) is 8.97. The first-order chi connectivity index (χ1) is 6.20. The Balaban J connectivity index is 2.46. The van der Waals surface area contributed by atoms with Gasteiger partial charge in [-0.15, -0.1) is 0 Å². The maximum atomic E-state index is 13.4. The van der Waals surface area contributed by atoms with E-state index in [2.05, 4.69) is 5.32 Å². The summed E-state index contributed by atoms with van der Waals surface area (Å²) in [5.41, 5.74) is 1.57. The van der Waals surface area contributed by atoms with Crippen molar-refractivity contribution in [3.05, 3.63) is 34.1 Å². The van der Waals surface area contributed by atoms with E-state index in [0.29, 0.717) is 10.6 Å². The van der Waals surface area contributed by atoms with Gasteiger partial charge in [-0.1, -0.05) is 17.7 Å². The lowest BCUT2D eigenvalue weighted by atomic mass is 9.96. The topological polar surface area (TPSA) is 12.0 Å². The molecule has 1 nitrogen and oxygen atoms in total. The second-order valence-corrected chi connectivity index (χ2v) is 3.77. The van der Waals surface area contributed by atoms with Gasteiger partial charge < -0.3 is 5.32 Å². The third kappa shape index (κ3) is 1.45. The van der Waals surface area contributed by atoms with Gasteiger partial charge in [-0.05, 0) is 31.5 Å². The van der Waals surface area contributed by atoms with Crippen molar-refractivity contribution in [2.24, 2.45) is 0 Å². The highest BCUT2D eigenvalue weighted by Gasteiger charge is 2.24. The van der Waals surface area contributed by atoms with Gasteiger partial charge in [0, 0.05) is 11.6 Å². The van der Waals surface area contributed by atoms with Crippen molar-refractivity contribution in [1.29, 1.82) is 0 Å². The fourth-order valence-corrected chi connectivity index (χ4v) is 1.82. The first-order valence-corrected chi connectivity index (χ1v) is 4.76. The Kier molecular flexibility index (Phi) is 2.26. The summed E-state index contributed by atoms with van der Waals surface area (Å²) in [4.78, 5) is 0. The predicted molar refractivity (Wildman–Crippen MR) is 51.5 cm³/mol. The molecule has 1 fully saturated rings. The number of benzene rings is 1. The molecule has 1 N–H and O–H groups in total. The van der Waals surface area contributed by atoms with Crippen LogP contribution in [0.15, 0.2) is 12.1 Å². The van der Waals surface area contributed by atoms with Gasteiger partial charge in [-0.25, -0.2) is 4.39 Å². The minimum Gasteiger partial charge on any atom is -0.310 e. The molecule has 0 aromatic heterocycles. The predicted octanol–water partition coefficient (Wildman–Crippen LogP) is 2.82. The van der Waals surface area contributed by atoms with Crippen molar-refractivity contribution >= 4 is 11.6 Å². The van der Waals surface area contributed by atoms with E-state index in [0.717, 1.165) is 18.5 Å². The molecular formula is C10H11ClFN. The van der Waals surface area contributed by atoms with E-state index < -0.39 is 0 Å². The van der Waals surface area contributed by atoms with Gasteiger partial charge in [0.2, 0.25) is 0 Å². The summed E-state index contributed by atoms with van der Waals surface area (Å²) < 4.78 is 13.4. The monoisotopic (exact) mass is 199 g/mol. The molecular weight excluding hydrogens is 189 g/mol. The zero-order valence-electron chi connectivity index (χ0n) is 7.40. The minimum absolute atomic E-state index is 0.118. The van der Waals surface area contributed by atoms with Gasteiger partial charge in [-0.3, -0.25) is 0 Å². The highest BCUT2D eigenvalue weighted by molar-refractivity contribution is 6.32. The minimum atomic E-state index is -0.201. The number of rotatable bonds is 1. The summed E-state index contributed by atoms with van der Waals surface area (Å²) in [6, 6.07) is 3.31. The zero-order valence-corrected chi connectivity index (χ0v) is 8.16. The van der Waals surface area contributed by atoms with Crippen LogP contribution in [0, 0.1) is 12.7 Å². The molecule has 13 heavy (non-hydrogen) atoms. The van der Waals surface area contributed by atoms with Crippen LogP contribution in [-0.2, 0) is 0 Å².